The van der Waals surface area contributed by atoms with Crippen LogP contribution >= 0.6 is 11.6 Å². The van der Waals surface area contributed by atoms with Gasteiger partial charge in [-0.15, -0.1) is 0 Å². The number of halogens is 1. The van der Waals surface area contributed by atoms with Crippen molar-refractivity contribution in [2.75, 3.05) is 49.5 Å². The standard InChI is InChI=1S/C35H37ClN4O3/c36-27-6-4-24(5-7-27)11-15-39-16-12-28(13-17-39)38-29-8-9-32-26(21-29)20-25-2-1-3-31(35(25)43-32)33-23-40(18-19-42-33)30-10-14-37-34(41)22-30/h1-10,14,21-22,28,33,38H,11-13,15-20,23H2,(H,37,41). The van der Waals surface area contributed by atoms with E-state index in [1.165, 1.54) is 16.7 Å². The van der Waals surface area contributed by atoms with Crippen molar-refractivity contribution in [2.45, 2.75) is 37.8 Å². The van der Waals surface area contributed by atoms with E-state index >= 15 is 0 Å². The minimum Gasteiger partial charge on any atom is -0.456 e. The molecular formula is C35H37ClN4O3. The lowest BCUT2D eigenvalue weighted by Gasteiger charge is -2.36. The Morgan fingerprint density at radius 3 is 2.65 bits per heavy atom. The molecule has 7 rings (SSSR count). The normalized spacial score (nSPS) is 18.9. The van der Waals surface area contributed by atoms with E-state index in [9.17, 15) is 4.79 Å². The third-order valence-corrected chi connectivity index (χ3v) is 9.16. The van der Waals surface area contributed by atoms with Gasteiger partial charge < -0.3 is 29.6 Å². The van der Waals surface area contributed by atoms with Gasteiger partial charge in [-0.1, -0.05) is 41.9 Å². The maximum atomic E-state index is 11.9. The second-order valence-corrected chi connectivity index (χ2v) is 12.2. The van der Waals surface area contributed by atoms with Crippen LogP contribution < -0.4 is 20.5 Å². The maximum absolute atomic E-state index is 11.9. The molecule has 0 saturated carbocycles. The molecule has 2 N–H and O–H groups in total. The van der Waals surface area contributed by atoms with Gasteiger partial charge in [-0.05, 0) is 66.8 Å². The second kappa shape index (κ2) is 12.4. The molecule has 4 aromatic rings. The molecule has 0 bridgehead atoms. The van der Waals surface area contributed by atoms with Crippen LogP contribution in [0.15, 0.2) is 83.8 Å². The Hall–Kier alpha value is -3.78. The third-order valence-electron chi connectivity index (χ3n) is 8.91. The van der Waals surface area contributed by atoms with Gasteiger partial charge in [-0.3, -0.25) is 4.79 Å². The smallest absolute Gasteiger partial charge is 0.249 e. The number of anilines is 2. The number of pyridine rings is 1. The molecule has 8 heteroatoms. The minimum absolute atomic E-state index is 0.0953. The van der Waals surface area contributed by atoms with E-state index < -0.39 is 0 Å². The summed E-state index contributed by atoms with van der Waals surface area (Å²) in [6.45, 7) is 5.31. The quantitative estimate of drug-likeness (QED) is 0.226. The number of likely N-dealkylation sites (tertiary alicyclic amines) is 1. The zero-order valence-corrected chi connectivity index (χ0v) is 25.0. The van der Waals surface area contributed by atoms with Crippen LogP contribution in [0.4, 0.5) is 11.4 Å². The number of hydrogen-bond donors (Lipinski definition) is 2. The average molecular weight is 597 g/mol. The van der Waals surface area contributed by atoms with Crippen molar-refractivity contribution in [2.24, 2.45) is 0 Å². The van der Waals surface area contributed by atoms with E-state index in [2.05, 4.69) is 68.6 Å². The first-order valence-corrected chi connectivity index (χ1v) is 15.7. The van der Waals surface area contributed by atoms with Gasteiger partial charge in [0, 0.05) is 85.0 Å². The zero-order valence-electron chi connectivity index (χ0n) is 24.2. The number of H-pyrrole nitrogens is 1. The lowest BCUT2D eigenvalue weighted by molar-refractivity contribution is 0.0384. The Morgan fingerprint density at radius 2 is 1.81 bits per heavy atom. The molecule has 0 amide bonds. The second-order valence-electron chi connectivity index (χ2n) is 11.8. The van der Waals surface area contributed by atoms with Crippen LogP contribution in [0.25, 0.3) is 0 Å². The minimum atomic E-state index is -0.137. The lowest BCUT2D eigenvalue weighted by atomic mass is 9.95. The van der Waals surface area contributed by atoms with Crippen molar-refractivity contribution in [3.05, 3.63) is 117 Å². The fraction of sp³-hybridized carbons (Fsp3) is 0.343. The first-order valence-electron chi connectivity index (χ1n) is 15.3. The number of aromatic nitrogens is 1. The topological polar surface area (TPSA) is 69.8 Å². The van der Waals surface area contributed by atoms with Crippen molar-refractivity contribution >= 4 is 23.0 Å². The van der Waals surface area contributed by atoms with Crippen LogP contribution in [0.5, 0.6) is 11.5 Å². The summed E-state index contributed by atoms with van der Waals surface area (Å²) in [6, 6.07) is 25.1. The molecule has 0 spiro atoms. The highest BCUT2D eigenvalue weighted by Gasteiger charge is 2.29. The van der Waals surface area contributed by atoms with Crippen LogP contribution in [-0.4, -0.2) is 55.3 Å². The molecule has 3 aliphatic heterocycles. The molecule has 0 radical (unpaired) electrons. The Bertz CT molecular complexity index is 1630. The molecule has 4 heterocycles. The van der Waals surface area contributed by atoms with Gasteiger partial charge in [-0.2, -0.15) is 0 Å². The van der Waals surface area contributed by atoms with Gasteiger partial charge >= 0.3 is 0 Å². The summed E-state index contributed by atoms with van der Waals surface area (Å²) in [7, 11) is 0. The largest absolute Gasteiger partial charge is 0.456 e. The van der Waals surface area contributed by atoms with E-state index in [1.807, 2.05) is 18.2 Å². The van der Waals surface area contributed by atoms with E-state index in [-0.39, 0.29) is 11.7 Å². The molecule has 7 nitrogen and oxygen atoms in total. The fourth-order valence-electron chi connectivity index (χ4n) is 6.52. The monoisotopic (exact) mass is 596 g/mol. The molecule has 2 fully saturated rings. The van der Waals surface area contributed by atoms with Gasteiger partial charge in [0.1, 0.15) is 17.6 Å². The van der Waals surface area contributed by atoms with Crippen LogP contribution in [0.1, 0.15) is 41.2 Å². The van der Waals surface area contributed by atoms with Crippen LogP contribution in [-0.2, 0) is 17.6 Å². The third kappa shape index (κ3) is 6.44. The lowest BCUT2D eigenvalue weighted by Crippen LogP contribution is -2.40. The summed E-state index contributed by atoms with van der Waals surface area (Å²) in [4.78, 5) is 19.4. The number of morpholine rings is 1. The van der Waals surface area contributed by atoms with E-state index in [4.69, 9.17) is 21.1 Å². The Balaban J connectivity index is 0.971. The molecular weight excluding hydrogens is 560 g/mol. The average Bonchev–Trinajstić information content (AvgIpc) is 3.04. The maximum Gasteiger partial charge on any atom is 0.249 e. The zero-order chi connectivity index (χ0) is 29.2. The SMILES string of the molecule is O=c1cc(N2CCOC(c3cccc4c3Oc3ccc(NC5CCN(CCc6ccc(Cl)cc6)CC5)cc3C4)C2)cc[nH]1. The number of rotatable bonds is 7. The molecule has 222 valence electrons. The highest BCUT2D eigenvalue weighted by atomic mass is 35.5. The van der Waals surface area contributed by atoms with Gasteiger partial charge in [0.2, 0.25) is 5.56 Å². The summed E-state index contributed by atoms with van der Waals surface area (Å²) in [5.74, 6) is 1.81. The molecule has 3 aliphatic rings. The van der Waals surface area contributed by atoms with Crippen molar-refractivity contribution in [1.29, 1.82) is 0 Å². The van der Waals surface area contributed by atoms with Crippen LogP contribution in [0, 0.1) is 0 Å². The Labute approximate surface area is 257 Å². The summed E-state index contributed by atoms with van der Waals surface area (Å²) in [5.41, 5.74) is 6.75. The Morgan fingerprint density at radius 1 is 0.953 bits per heavy atom. The van der Waals surface area contributed by atoms with E-state index in [0.29, 0.717) is 19.2 Å². The summed E-state index contributed by atoms with van der Waals surface area (Å²) in [6.07, 6.45) is 5.71. The highest BCUT2D eigenvalue weighted by Crippen LogP contribution is 2.43. The first kappa shape index (κ1) is 28.0. The van der Waals surface area contributed by atoms with Crippen molar-refractivity contribution < 1.29 is 9.47 Å². The predicted octanol–water partition coefficient (Wildman–Crippen LogP) is 6.42. The van der Waals surface area contributed by atoms with Gasteiger partial charge in [-0.25, -0.2) is 0 Å². The molecule has 2 saturated heterocycles. The molecule has 1 unspecified atom stereocenters. The molecule has 0 aliphatic carbocycles. The van der Waals surface area contributed by atoms with Crippen molar-refractivity contribution in [1.82, 2.24) is 9.88 Å². The number of hydrogen-bond acceptors (Lipinski definition) is 6. The van der Waals surface area contributed by atoms with Crippen LogP contribution in [0.2, 0.25) is 5.02 Å². The summed E-state index contributed by atoms with van der Waals surface area (Å²) in [5, 5.41) is 4.59. The van der Waals surface area contributed by atoms with Gasteiger partial charge in [0.15, 0.2) is 0 Å². The number of benzene rings is 3. The molecule has 1 atom stereocenters. The predicted molar refractivity (Wildman–Crippen MR) is 172 cm³/mol. The highest BCUT2D eigenvalue weighted by molar-refractivity contribution is 6.30. The summed E-state index contributed by atoms with van der Waals surface area (Å²) < 4.78 is 12.8. The number of aromatic amines is 1. The molecule has 43 heavy (non-hydrogen) atoms. The number of ether oxygens (including phenoxy) is 2. The Kier molecular flexibility index (Phi) is 8.11. The fourth-order valence-corrected chi connectivity index (χ4v) is 6.65. The van der Waals surface area contributed by atoms with Crippen LogP contribution in [0.3, 0.4) is 0 Å². The number of nitrogens with one attached hydrogen (secondary N) is 2. The van der Waals surface area contributed by atoms with Crippen molar-refractivity contribution in [3.63, 3.8) is 0 Å². The number of para-hydroxylation sites is 1. The van der Waals surface area contributed by atoms with Gasteiger partial charge in [0.05, 0.1) is 6.61 Å². The van der Waals surface area contributed by atoms with Gasteiger partial charge in [0.25, 0.3) is 0 Å². The first-order chi connectivity index (χ1) is 21.1. The summed E-state index contributed by atoms with van der Waals surface area (Å²) >= 11 is 6.03. The number of piperidine rings is 1. The molecule has 3 aromatic carbocycles. The number of fused-ring (bicyclic) bond motifs is 2. The number of nitrogens with zero attached hydrogens (tertiary/aromatic N) is 2. The van der Waals surface area contributed by atoms with E-state index in [0.717, 1.165) is 85.3 Å². The van der Waals surface area contributed by atoms with Crippen molar-refractivity contribution in [3.8, 4) is 11.5 Å². The molecule has 1 aromatic heterocycles. The van der Waals surface area contributed by atoms with E-state index in [1.54, 1.807) is 12.3 Å².